The summed E-state index contributed by atoms with van der Waals surface area (Å²) in [5.74, 6) is -3.35. The molecule has 186 valence electrons. The van der Waals surface area contributed by atoms with E-state index in [0.29, 0.717) is 29.7 Å². The summed E-state index contributed by atoms with van der Waals surface area (Å²) in [6, 6.07) is 10.8. The lowest BCUT2D eigenvalue weighted by molar-refractivity contribution is -0.331. The van der Waals surface area contributed by atoms with Crippen molar-refractivity contribution in [2.75, 3.05) is 13.7 Å². The smallest absolute Gasteiger partial charge is 0.384 e. The van der Waals surface area contributed by atoms with Gasteiger partial charge >= 0.3 is 6.18 Å². The second kappa shape index (κ2) is 8.30. The average molecular weight is 491 g/mol. The van der Waals surface area contributed by atoms with Crippen LogP contribution in [0.25, 0.3) is 0 Å². The maximum absolute atomic E-state index is 14.9. The van der Waals surface area contributed by atoms with E-state index in [0.717, 1.165) is 30.6 Å². The Morgan fingerprint density at radius 2 is 1.83 bits per heavy atom. The predicted molar refractivity (Wildman–Crippen MR) is 120 cm³/mol. The fraction of sp³-hybridized carbons (Fsp3) is 0.440. The van der Waals surface area contributed by atoms with Crippen LogP contribution in [0.1, 0.15) is 35.6 Å². The molecule has 5 rings (SSSR count). The number of likely N-dealkylation sites (tertiary alicyclic amines) is 1. The highest BCUT2D eigenvalue weighted by atomic mass is 19.4. The second-order valence-corrected chi connectivity index (χ2v) is 9.43. The lowest BCUT2D eigenvalue weighted by atomic mass is 9.79. The number of rotatable bonds is 5. The van der Waals surface area contributed by atoms with Gasteiger partial charge in [-0.3, -0.25) is 15.1 Å². The van der Waals surface area contributed by atoms with E-state index in [1.807, 2.05) is 4.90 Å². The van der Waals surface area contributed by atoms with Gasteiger partial charge in [0, 0.05) is 37.2 Å². The van der Waals surface area contributed by atoms with Gasteiger partial charge < -0.3 is 15.4 Å². The summed E-state index contributed by atoms with van der Waals surface area (Å²) in [5, 5.41) is 7.62. The van der Waals surface area contributed by atoms with Crippen LogP contribution in [0.2, 0.25) is 0 Å². The number of fused-ring (bicyclic) bond motifs is 3. The van der Waals surface area contributed by atoms with Crippen LogP contribution in [0, 0.1) is 23.1 Å². The molecule has 0 aromatic heterocycles. The van der Waals surface area contributed by atoms with Crippen LogP contribution in [-0.4, -0.2) is 53.1 Å². The number of ether oxygens (including phenoxy) is 1. The van der Waals surface area contributed by atoms with Crippen molar-refractivity contribution in [1.82, 2.24) is 9.80 Å². The molecule has 0 bridgehead atoms. The van der Waals surface area contributed by atoms with Crippen molar-refractivity contribution in [1.29, 1.82) is 5.41 Å². The van der Waals surface area contributed by atoms with Crippen LogP contribution in [-0.2, 0) is 16.1 Å². The maximum Gasteiger partial charge on any atom is 0.437 e. The van der Waals surface area contributed by atoms with E-state index in [-0.39, 0.29) is 12.4 Å². The molecule has 1 unspecified atom stereocenters. The number of nitrogens with two attached hydrogens (primary N) is 1. The van der Waals surface area contributed by atoms with E-state index in [2.05, 4.69) is 0 Å². The lowest BCUT2D eigenvalue weighted by Gasteiger charge is -2.43. The second-order valence-electron chi connectivity index (χ2n) is 9.43. The highest BCUT2D eigenvalue weighted by molar-refractivity contribution is 5.95. The van der Waals surface area contributed by atoms with E-state index < -0.39 is 47.5 Å². The van der Waals surface area contributed by atoms with Crippen molar-refractivity contribution < 1.29 is 27.1 Å². The topological polar surface area (TPSA) is 82.6 Å². The van der Waals surface area contributed by atoms with Crippen LogP contribution < -0.4 is 5.73 Å². The lowest BCUT2D eigenvalue weighted by Crippen LogP contribution is -2.63. The number of carbonyl (C=O) groups is 1. The number of carbonyl (C=O) groups excluding carboxylic acids is 1. The Labute approximate surface area is 200 Å². The van der Waals surface area contributed by atoms with Crippen molar-refractivity contribution in [3.8, 4) is 0 Å². The highest BCUT2D eigenvalue weighted by Gasteiger charge is 2.78. The van der Waals surface area contributed by atoms with Crippen LogP contribution in [0.15, 0.2) is 48.5 Å². The number of hydrogen-bond donors (Lipinski definition) is 2. The number of benzene rings is 2. The van der Waals surface area contributed by atoms with Gasteiger partial charge in [-0.05, 0) is 42.6 Å². The van der Waals surface area contributed by atoms with Crippen molar-refractivity contribution in [3.63, 3.8) is 0 Å². The van der Waals surface area contributed by atoms with E-state index in [4.69, 9.17) is 15.9 Å². The SMILES string of the molecule is CO[C@@]1(C(F)(F)F)[C@H]2C3CCCN3[C@@H](c3ccc(C(=N)N)cc3)[C@H]2C(=O)N1Cc1ccc(F)cc1. The molecule has 2 aromatic rings. The summed E-state index contributed by atoms with van der Waals surface area (Å²) in [5.41, 5.74) is 4.35. The van der Waals surface area contributed by atoms with Gasteiger partial charge in [0.1, 0.15) is 11.7 Å². The van der Waals surface area contributed by atoms with Crippen LogP contribution in [0.4, 0.5) is 17.6 Å². The highest BCUT2D eigenvalue weighted by Crippen LogP contribution is 2.62. The number of alkyl halides is 3. The Morgan fingerprint density at radius 1 is 1.17 bits per heavy atom. The standard InChI is InChI=1S/C25H26F4N4O2/c1-35-24(25(27,28)29)20-18-3-2-12-32(18)21(15-6-8-16(9-7-15)22(30)31)19(20)23(34)33(24)13-14-4-10-17(26)11-5-14/h4-11,18-21H,2-3,12-13H2,1H3,(H3,30,31)/t18?,19-,20-,21-,24+/m0/s1. The molecular formula is C25H26F4N4O2. The zero-order chi connectivity index (χ0) is 25.1. The largest absolute Gasteiger partial charge is 0.437 e. The minimum atomic E-state index is -4.85. The number of amides is 1. The molecule has 6 nitrogen and oxygen atoms in total. The summed E-state index contributed by atoms with van der Waals surface area (Å²) in [6.07, 6.45) is -3.60. The molecule has 3 fully saturated rings. The summed E-state index contributed by atoms with van der Waals surface area (Å²) in [4.78, 5) is 16.7. The third kappa shape index (κ3) is 3.45. The Bertz CT molecular complexity index is 1140. The van der Waals surface area contributed by atoms with E-state index in [1.165, 1.54) is 12.1 Å². The van der Waals surface area contributed by atoms with Crippen molar-refractivity contribution in [2.24, 2.45) is 17.6 Å². The van der Waals surface area contributed by atoms with Gasteiger partial charge in [0.15, 0.2) is 0 Å². The number of nitrogens with zero attached hydrogens (tertiary/aromatic N) is 2. The van der Waals surface area contributed by atoms with E-state index in [9.17, 15) is 22.4 Å². The molecule has 0 spiro atoms. The fourth-order valence-corrected chi connectivity index (χ4v) is 6.43. The number of methoxy groups -OCH3 is 1. The Morgan fingerprint density at radius 3 is 2.40 bits per heavy atom. The summed E-state index contributed by atoms with van der Waals surface area (Å²) in [6.45, 7) is 0.238. The first-order valence-electron chi connectivity index (χ1n) is 11.5. The number of nitrogen functional groups attached to an aromatic ring is 1. The quantitative estimate of drug-likeness (QED) is 0.380. The Balaban J connectivity index is 1.62. The van der Waals surface area contributed by atoms with Gasteiger partial charge in [0.25, 0.3) is 0 Å². The van der Waals surface area contributed by atoms with E-state index in [1.54, 1.807) is 24.3 Å². The summed E-state index contributed by atoms with van der Waals surface area (Å²) < 4.78 is 63.6. The summed E-state index contributed by atoms with van der Waals surface area (Å²) in [7, 11) is 1.01. The third-order valence-corrected chi connectivity index (χ3v) is 7.78. The minimum Gasteiger partial charge on any atom is -0.384 e. The van der Waals surface area contributed by atoms with Crippen LogP contribution in [0.5, 0.6) is 0 Å². The number of nitrogens with one attached hydrogen (secondary N) is 1. The van der Waals surface area contributed by atoms with Crippen molar-refractivity contribution in [2.45, 2.75) is 43.4 Å². The molecule has 5 atom stereocenters. The van der Waals surface area contributed by atoms with Gasteiger partial charge in [-0.2, -0.15) is 13.2 Å². The first kappa shape index (κ1) is 23.7. The van der Waals surface area contributed by atoms with Gasteiger partial charge in [0.05, 0.1) is 5.92 Å². The third-order valence-electron chi connectivity index (χ3n) is 7.78. The minimum absolute atomic E-state index is 0.113. The first-order valence-corrected chi connectivity index (χ1v) is 11.5. The number of halogens is 4. The van der Waals surface area contributed by atoms with Gasteiger partial charge in [-0.25, -0.2) is 4.39 Å². The zero-order valence-corrected chi connectivity index (χ0v) is 19.1. The molecule has 2 aromatic carbocycles. The van der Waals surface area contributed by atoms with Crippen LogP contribution in [0.3, 0.4) is 0 Å². The fourth-order valence-electron chi connectivity index (χ4n) is 6.43. The van der Waals surface area contributed by atoms with Crippen LogP contribution >= 0.6 is 0 Å². The Hall–Kier alpha value is -2.98. The van der Waals surface area contributed by atoms with Gasteiger partial charge in [-0.1, -0.05) is 36.4 Å². The molecular weight excluding hydrogens is 464 g/mol. The normalized spacial score (nSPS) is 30.5. The van der Waals surface area contributed by atoms with Crippen molar-refractivity contribution >= 4 is 11.7 Å². The Kier molecular flexibility index (Phi) is 5.63. The molecule has 3 N–H and O–H groups in total. The zero-order valence-electron chi connectivity index (χ0n) is 19.1. The average Bonchev–Trinajstić information content (AvgIpc) is 3.46. The maximum atomic E-state index is 14.9. The number of hydrogen-bond acceptors (Lipinski definition) is 4. The molecule has 0 aliphatic carbocycles. The molecule has 0 saturated carbocycles. The molecule has 0 radical (unpaired) electrons. The van der Waals surface area contributed by atoms with Crippen molar-refractivity contribution in [3.05, 3.63) is 71.0 Å². The van der Waals surface area contributed by atoms with Gasteiger partial charge in [0.2, 0.25) is 11.6 Å². The van der Waals surface area contributed by atoms with Gasteiger partial charge in [-0.15, -0.1) is 0 Å². The number of amidine groups is 1. The first-order chi connectivity index (χ1) is 16.6. The summed E-state index contributed by atoms with van der Waals surface area (Å²) >= 11 is 0. The molecule has 3 heterocycles. The molecule has 3 aliphatic heterocycles. The molecule has 10 heteroatoms. The molecule has 3 saturated heterocycles. The molecule has 35 heavy (non-hydrogen) atoms. The predicted octanol–water partition coefficient (Wildman–Crippen LogP) is 3.81. The monoisotopic (exact) mass is 490 g/mol. The molecule has 1 amide bonds. The molecule has 3 aliphatic rings. The van der Waals surface area contributed by atoms with E-state index >= 15 is 0 Å².